The van der Waals surface area contributed by atoms with E-state index in [-0.39, 0.29) is 5.69 Å². The summed E-state index contributed by atoms with van der Waals surface area (Å²) in [5.41, 5.74) is -0.0579. The van der Waals surface area contributed by atoms with Crippen LogP contribution < -0.4 is 5.32 Å². The molecule has 1 unspecified atom stereocenters. The Morgan fingerprint density at radius 2 is 2.38 bits per heavy atom. The fraction of sp³-hybridized carbons (Fsp3) is 0.600. The number of aromatic carboxylic acids is 1. The lowest BCUT2D eigenvalue weighted by Gasteiger charge is -2.19. The molecule has 6 heteroatoms. The Hall–Kier alpha value is -1.40. The van der Waals surface area contributed by atoms with E-state index in [4.69, 9.17) is 9.63 Å². The molecule has 0 aliphatic carbocycles. The highest BCUT2D eigenvalue weighted by Crippen LogP contribution is 2.03. The third-order valence-electron chi connectivity index (χ3n) is 2.40. The van der Waals surface area contributed by atoms with Crippen molar-refractivity contribution in [3.05, 3.63) is 17.5 Å². The second kappa shape index (κ2) is 5.62. The average Bonchev–Trinajstić information content (AvgIpc) is 2.66. The van der Waals surface area contributed by atoms with E-state index in [2.05, 4.69) is 22.3 Å². The van der Waals surface area contributed by atoms with Crippen LogP contribution >= 0.6 is 0 Å². The van der Waals surface area contributed by atoms with Gasteiger partial charge in [-0.15, -0.1) is 0 Å². The highest BCUT2D eigenvalue weighted by atomic mass is 16.5. The van der Waals surface area contributed by atoms with Crippen LogP contribution in [0.15, 0.2) is 10.6 Å². The minimum atomic E-state index is -1.07. The highest BCUT2D eigenvalue weighted by Gasteiger charge is 2.10. The lowest BCUT2D eigenvalue weighted by Crippen LogP contribution is -2.35. The van der Waals surface area contributed by atoms with Crippen molar-refractivity contribution < 1.29 is 14.4 Å². The molecule has 90 valence electrons. The van der Waals surface area contributed by atoms with Gasteiger partial charge >= 0.3 is 5.97 Å². The van der Waals surface area contributed by atoms with Gasteiger partial charge in [0, 0.05) is 18.7 Å². The lowest BCUT2D eigenvalue weighted by atomic mass is 10.3. The zero-order valence-electron chi connectivity index (χ0n) is 9.73. The molecule has 0 bridgehead atoms. The minimum Gasteiger partial charge on any atom is -0.476 e. The van der Waals surface area contributed by atoms with Gasteiger partial charge < -0.3 is 19.8 Å². The van der Waals surface area contributed by atoms with Gasteiger partial charge in [0.2, 0.25) is 0 Å². The zero-order chi connectivity index (χ0) is 12.1. The SMILES string of the molecule is CC(CNCc1cc(C(=O)O)no1)N(C)C. The van der Waals surface area contributed by atoms with Crippen LogP contribution in [0.4, 0.5) is 0 Å². The quantitative estimate of drug-likeness (QED) is 0.733. The molecule has 0 radical (unpaired) electrons. The van der Waals surface area contributed by atoms with Crippen molar-refractivity contribution in [2.75, 3.05) is 20.6 Å². The summed E-state index contributed by atoms with van der Waals surface area (Å²) < 4.78 is 4.86. The summed E-state index contributed by atoms with van der Waals surface area (Å²) in [4.78, 5) is 12.6. The number of likely N-dealkylation sites (N-methyl/N-ethyl adjacent to an activating group) is 1. The Kier molecular flexibility index (Phi) is 4.45. The van der Waals surface area contributed by atoms with Gasteiger partial charge in [-0.1, -0.05) is 5.16 Å². The first-order valence-corrected chi connectivity index (χ1v) is 5.06. The van der Waals surface area contributed by atoms with Crippen LogP contribution in [0.25, 0.3) is 0 Å². The van der Waals surface area contributed by atoms with Crippen LogP contribution in [0.2, 0.25) is 0 Å². The predicted molar refractivity (Wildman–Crippen MR) is 58.3 cm³/mol. The molecule has 1 heterocycles. The third kappa shape index (κ3) is 3.63. The molecule has 0 saturated carbocycles. The van der Waals surface area contributed by atoms with E-state index < -0.39 is 5.97 Å². The predicted octanol–water partition coefficient (Wildman–Crippen LogP) is 0.412. The molecular formula is C10H17N3O3. The summed E-state index contributed by atoms with van der Waals surface area (Å²) >= 11 is 0. The van der Waals surface area contributed by atoms with Crippen molar-refractivity contribution in [2.24, 2.45) is 0 Å². The van der Waals surface area contributed by atoms with Crippen molar-refractivity contribution in [3.63, 3.8) is 0 Å². The largest absolute Gasteiger partial charge is 0.476 e. The molecular weight excluding hydrogens is 210 g/mol. The van der Waals surface area contributed by atoms with Crippen molar-refractivity contribution in [1.29, 1.82) is 0 Å². The molecule has 1 rings (SSSR count). The van der Waals surface area contributed by atoms with E-state index in [1.165, 1.54) is 6.07 Å². The van der Waals surface area contributed by atoms with Crippen LogP contribution in [0, 0.1) is 0 Å². The monoisotopic (exact) mass is 227 g/mol. The van der Waals surface area contributed by atoms with Crippen molar-refractivity contribution in [1.82, 2.24) is 15.4 Å². The molecule has 1 atom stereocenters. The van der Waals surface area contributed by atoms with Gasteiger partial charge in [-0.25, -0.2) is 4.79 Å². The van der Waals surface area contributed by atoms with Gasteiger partial charge in [-0.05, 0) is 21.0 Å². The molecule has 0 aliphatic rings. The smallest absolute Gasteiger partial charge is 0.358 e. The van der Waals surface area contributed by atoms with E-state index in [9.17, 15) is 4.79 Å². The first-order valence-electron chi connectivity index (χ1n) is 5.06. The summed E-state index contributed by atoms with van der Waals surface area (Å²) in [5.74, 6) is -0.542. The van der Waals surface area contributed by atoms with Gasteiger partial charge in [0.15, 0.2) is 11.5 Å². The number of nitrogens with one attached hydrogen (secondary N) is 1. The van der Waals surface area contributed by atoms with Crippen LogP contribution in [0.5, 0.6) is 0 Å². The van der Waals surface area contributed by atoms with Crippen molar-refractivity contribution in [3.8, 4) is 0 Å². The first-order chi connectivity index (χ1) is 7.50. The number of carbonyl (C=O) groups is 1. The Morgan fingerprint density at radius 3 is 2.88 bits per heavy atom. The maximum Gasteiger partial charge on any atom is 0.358 e. The molecule has 1 aromatic heterocycles. The van der Waals surface area contributed by atoms with Crippen molar-refractivity contribution >= 4 is 5.97 Å². The summed E-state index contributed by atoms with van der Waals surface area (Å²) in [6.45, 7) is 3.38. The maximum atomic E-state index is 10.5. The second-order valence-electron chi connectivity index (χ2n) is 3.93. The Morgan fingerprint density at radius 1 is 1.69 bits per heavy atom. The summed E-state index contributed by atoms with van der Waals surface area (Å²) in [6, 6.07) is 1.83. The number of aromatic nitrogens is 1. The molecule has 2 N–H and O–H groups in total. The number of carboxylic acid groups (broad SMARTS) is 1. The Bertz CT molecular complexity index is 349. The zero-order valence-corrected chi connectivity index (χ0v) is 9.73. The number of nitrogens with zero attached hydrogens (tertiary/aromatic N) is 2. The van der Waals surface area contributed by atoms with E-state index in [1.807, 2.05) is 14.1 Å². The Labute approximate surface area is 94.2 Å². The van der Waals surface area contributed by atoms with Gasteiger partial charge in [-0.3, -0.25) is 0 Å². The fourth-order valence-corrected chi connectivity index (χ4v) is 1.08. The number of hydrogen-bond acceptors (Lipinski definition) is 5. The van der Waals surface area contributed by atoms with Gasteiger partial charge in [0.25, 0.3) is 0 Å². The third-order valence-corrected chi connectivity index (χ3v) is 2.40. The van der Waals surface area contributed by atoms with Crippen LogP contribution in [-0.4, -0.2) is 47.8 Å². The standard InChI is InChI=1S/C10H17N3O3/c1-7(13(2)3)5-11-6-8-4-9(10(14)15)12-16-8/h4,7,11H,5-6H2,1-3H3,(H,14,15). The molecule has 6 nitrogen and oxygen atoms in total. The topological polar surface area (TPSA) is 78.6 Å². The van der Waals surface area contributed by atoms with E-state index in [1.54, 1.807) is 0 Å². The molecule has 0 fully saturated rings. The van der Waals surface area contributed by atoms with Crippen LogP contribution in [0.1, 0.15) is 23.2 Å². The summed E-state index contributed by atoms with van der Waals surface area (Å²) in [6.07, 6.45) is 0. The highest BCUT2D eigenvalue weighted by molar-refractivity contribution is 5.85. The average molecular weight is 227 g/mol. The number of carboxylic acids is 1. The van der Waals surface area contributed by atoms with Crippen molar-refractivity contribution in [2.45, 2.75) is 19.5 Å². The van der Waals surface area contributed by atoms with Crippen LogP contribution in [-0.2, 0) is 6.54 Å². The first kappa shape index (κ1) is 12.7. The van der Waals surface area contributed by atoms with E-state index in [0.717, 1.165) is 6.54 Å². The Balaban J connectivity index is 2.35. The second-order valence-corrected chi connectivity index (χ2v) is 3.93. The molecule has 16 heavy (non-hydrogen) atoms. The molecule has 0 spiro atoms. The maximum absolute atomic E-state index is 10.5. The van der Waals surface area contributed by atoms with Gasteiger partial charge in [0.05, 0.1) is 6.54 Å². The lowest BCUT2D eigenvalue weighted by molar-refractivity contribution is 0.0685. The number of hydrogen-bond donors (Lipinski definition) is 2. The fourth-order valence-electron chi connectivity index (χ4n) is 1.08. The van der Waals surface area contributed by atoms with E-state index >= 15 is 0 Å². The molecule has 1 aromatic rings. The van der Waals surface area contributed by atoms with Gasteiger partial charge in [-0.2, -0.15) is 0 Å². The number of rotatable bonds is 6. The van der Waals surface area contributed by atoms with Crippen LogP contribution in [0.3, 0.4) is 0 Å². The molecule has 0 aromatic carbocycles. The summed E-state index contributed by atoms with van der Waals surface area (Å²) in [5, 5.41) is 15.2. The van der Waals surface area contributed by atoms with Gasteiger partial charge in [0.1, 0.15) is 0 Å². The molecule has 0 aliphatic heterocycles. The normalized spacial score (nSPS) is 13.0. The van der Waals surface area contributed by atoms with E-state index in [0.29, 0.717) is 18.3 Å². The molecule has 0 amide bonds. The summed E-state index contributed by atoms with van der Waals surface area (Å²) in [7, 11) is 4.01. The molecule has 0 saturated heterocycles. The minimum absolute atomic E-state index is 0.0579.